The van der Waals surface area contributed by atoms with Crippen LogP contribution in [0.4, 0.5) is 0 Å². The van der Waals surface area contributed by atoms with Crippen molar-refractivity contribution in [1.29, 1.82) is 0 Å². The Morgan fingerprint density at radius 2 is 2.00 bits per heavy atom. The van der Waals surface area contributed by atoms with Gasteiger partial charge < -0.3 is 10.1 Å². The molecule has 0 spiro atoms. The molecular formula is C23H24N4O3. The van der Waals surface area contributed by atoms with Crippen LogP contribution in [-0.2, 0) is 17.8 Å². The standard InChI is InChI=1S/C23H24N4O3/c1-14(28)20-6-4-5-7-21(20)17-8-9-22-18(10-17)11-19(30-22)12-24-23(29)13-27-16(3)25-15(2)26-27/h4-10,19H,11-13H2,1-3H3,(H,24,29). The van der Waals surface area contributed by atoms with Gasteiger partial charge in [0.05, 0.1) is 6.54 Å². The predicted octanol–water partition coefficient (Wildman–Crippen LogP) is 2.88. The van der Waals surface area contributed by atoms with Gasteiger partial charge in [-0.2, -0.15) is 5.10 Å². The number of nitrogens with zero attached hydrogens (tertiary/aromatic N) is 3. The van der Waals surface area contributed by atoms with E-state index < -0.39 is 0 Å². The third-order valence-electron chi connectivity index (χ3n) is 5.20. The second-order valence-corrected chi connectivity index (χ2v) is 7.54. The van der Waals surface area contributed by atoms with E-state index in [2.05, 4.69) is 21.5 Å². The van der Waals surface area contributed by atoms with Gasteiger partial charge in [0.1, 0.15) is 30.0 Å². The van der Waals surface area contributed by atoms with Gasteiger partial charge in [-0.25, -0.2) is 9.67 Å². The fraction of sp³-hybridized carbons (Fsp3) is 0.304. The molecular weight excluding hydrogens is 380 g/mol. The molecule has 1 amide bonds. The molecule has 0 fully saturated rings. The number of hydrogen-bond donors (Lipinski definition) is 1. The number of hydrogen-bond acceptors (Lipinski definition) is 5. The first-order chi connectivity index (χ1) is 14.4. The summed E-state index contributed by atoms with van der Waals surface area (Å²) in [5.41, 5.74) is 3.69. The average Bonchev–Trinajstić information content (AvgIpc) is 3.27. The molecule has 0 bridgehead atoms. The number of ether oxygens (including phenoxy) is 1. The SMILES string of the molecule is CC(=O)c1ccccc1-c1ccc2c(c1)CC(CNC(=O)Cn1nc(C)nc1C)O2. The summed E-state index contributed by atoms with van der Waals surface area (Å²) in [5, 5.41) is 7.13. The molecule has 2 heterocycles. The van der Waals surface area contributed by atoms with Gasteiger partial charge in [0.25, 0.3) is 0 Å². The van der Waals surface area contributed by atoms with Crippen molar-refractivity contribution < 1.29 is 14.3 Å². The van der Waals surface area contributed by atoms with Crippen LogP contribution < -0.4 is 10.1 Å². The zero-order chi connectivity index (χ0) is 21.3. The third-order valence-corrected chi connectivity index (χ3v) is 5.20. The van der Waals surface area contributed by atoms with E-state index in [1.165, 1.54) is 0 Å². The second kappa shape index (κ2) is 8.10. The van der Waals surface area contributed by atoms with Gasteiger partial charge in [-0.1, -0.05) is 30.3 Å². The Morgan fingerprint density at radius 3 is 2.73 bits per heavy atom. The van der Waals surface area contributed by atoms with Crippen molar-refractivity contribution >= 4 is 11.7 Å². The van der Waals surface area contributed by atoms with Gasteiger partial charge in [0, 0.05) is 12.0 Å². The van der Waals surface area contributed by atoms with E-state index in [-0.39, 0.29) is 24.3 Å². The highest BCUT2D eigenvalue weighted by molar-refractivity contribution is 6.00. The molecule has 7 nitrogen and oxygen atoms in total. The number of benzene rings is 2. The Kier molecular flexibility index (Phi) is 5.35. The molecule has 0 saturated carbocycles. The lowest BCUT2D eigenvalue weighted by Gasteiger charge is -2.12. The summed E-state index contributed by atoms with van der Waals surface area (Å²) in [4.78, 5) is 28.4. The van der Waals surface area contributed by atoms with Crippen LogP contribution in [0.2, 0.25) is 0 Å². The van der Waals surface area contributed by atoms with Crippen molar-refractivity contribution in [3.05, 3.63) is 65.2 Å². The highest BCUT2D eigenvalue weighted by Crippen LogP contribution is 2.34. The van der Waals surface area contributed by atoms with Gasteiger partial charge in [0.2, 0.25) is 5.91 Å². The van der Waals surface area contributed by atoms with Crippen molar-refractivity contribution in [3.8, 4) is 16.9 Å². The molecule has 30 heavy (non-hydrogen) atoms. The molecule has 2 aromatic carbocycles. The van der Waals surface area contributed by atoms with Crippen LogP contribution in [0.25, 0.3) is 11.1 Å². The van der Waals surface area contributed by atoms with E-state index in [1.807, 2.05) is 43.3 Å². The Hall–Kier alpha value is -3.48. The van der Waals surface area contributed by atoms with E-state index in [9.17, 15) is 9.59 Å². The van der Waals surface area contributed by atoms with Crippen molar-refractivity contribution in [2.45, 2.75) is 39.8 Å². The summed E-state index contributed by atoms with van der Waals surface area (Å²) in [6.45, 7) is 5.76. The largest absolute Gasteiger partial charge is 0.488 e. The maximum absolute atomic E-state index is 12.3. The van der Waals surface area contributed by atoms with Gasteiger partial charge in [-0.05, 0) is 49.6 Å². The minimum Gasteiger partial charge on any atom is -0.488 e. The summed E-state index contributed by atoms with van der Waals surface area (Å²) < 4.78 is 7.58. The van der Waals surface area contributed by atoms with Crippen molar-refractivity contribution in [3.63, 3.8) is 0 Å². The van der Waals surface area contributed by atoms with Gasteiger partial charge in [-0.15, -0.1) is 0 Å². The Balaban J connectivity index is 1.40. The third kappa shape index (κ3) is 4.10. The van der Waals surface area contributed by atoms with Crippen molar-refractivity contribution in [1.82, 2.24) is 20.1 Å². The lowest BCUT2D eigenvalue weighted by Crippen LogP contribution is -2.36. The highest BCUT2D eigenvalue weighted by Gasteiger charge is 2.24. The summed E-state index contributed by atoms with van der Waals surface area (Å²) >= 11 is 0. The number of fused-ring (bicyclic) bond motifs is 1. The average molecular weight is 404 g/mol. The molecule has 1 aliphatic heterocycles. The topological polar surface area (TPSA) is 86.1 Å². The molecule has 7 heteroatoms. The van der Waals surface area contributed by atoms with Crippen LogP contribution in [-0.4, -0.2) is 39.1 Å². The number of aryl methyl sites for hydroxylation is 2. The van der Waals surface area contributed by atoms with Crippen LogP contribution in [0.5, 0.6) is 5.75 Å². The van der Waals surface area contributed by atoms with Gasteiger partial charge in [0.15, 0.2) is 5.78 Å². The van der Waals surface area contributed by atoms with Crippen LogP contribution >= 0.6 is 0 Å². The van der Waals surface area contributed by atoms with Gasteiger partial charge in [-0.3, -0.25) is 9.59 Å². The lowest BCUT2D eigenvalue weighted by atomic mass is 9.95. The smallest absolute Gasteiger partial charge is 0.241 e. The van der Waals surface area contributed by atoms with Crippen LogP contribution in [0.3, 0.4) is 0 Å². The maximum atomic E-state index is 12.3. The molecule has 0 aliphatic carbocycles. The summed E-state index contributed by atoms with van der Waals surface area (Å²) in [6, 6.07) is 13.6. The normalized spacial score (nSPS) is 14.8. The minimum absolute atomic E-state index is 0.0424. The molecule has 1 N–H and O–H groups in total. The van der Waals surface area contributed by atoms with Crippen LogP contribution in [0.1, 0.15) is 34.5 Å². The number of carbonyl (C=O) groups excluding carboxylic acids is 2. The molecule has 154 valence electrons. The molecule has 3 aromatic rings. The maximum Gasteiger partial charge on any atom is 0.241 e. The summed E-state index contributed by atoms with van der Waals surface area (Å²) in [6.07, 6.45) is 0.577. The van der Waals surface area contributed by atoms with Crippen LogP contribution in [0, 0.1) is 13.8 Å². The highest BCUT2D eigenvalue weighted by atomic mass is 16.5. The fourth-order valence-electron chi connectivity index (χ4n) is 3.77. The van der Waals surface area contributed by atoms with E-state index in [1.54, 1.807) is 18.5 Å². The fourth-order valence-corrected chi connectivity index (χ4v) is 3.77. The molecule has 1 aromatic heterocycles. The second-order valence-electron chi connectivity index (χ2n) is 7.54. The van der Waals surface area contributed by atoms with E-state index in [0.717, 1.165) is 22.4 Å². The molecule has 4 rings (SSSR count). The van der Waals surface area contributed by atoms with Crippen molar-refractivity contribution in [2.75, 3.05) is 6.54 Å². The number of aromatic nitrogens is 3. The Morgan fingerprint density at radius 1 is 1.20 bits per heavy atom. The molecule has 0 saturated heterocycles. The summed E-state index contributed by atoms with van der Waals surface area (Å²) in [7, 11) is 0. The molecule has 1 atom stereocenters. The minimum atomic E-state index is -0.126. The number of ketones is 1. The first kappa shape index (κ1) is 19.8. The van der Waals surface area contributed by atoms with E-state index in [4.69, 9.17) is 4.74 Å². The van der Waals surface area contributed by atoms with Gasteiger partial charge >= 0.3 is 0 Å². The van der Waals surface area contributed by atoms with Crippen molar-refractivity contribution in [2.24, 2.45) is 0 Å². The number of rotatable bonds is 6. The number of carbonyl (C=O) groups is 2. The van der Waals surface area contributed by atoms with E-state index in [0.29, 0.717) is 30.2 Å². The molecule has 1 aliphatic rings. The zero-order valence-corrected chi connectivity index (χ0v) is 17.3. The predicted molar refractivity (Wildman–Crippen MR) is 113 cm³/mol. The Bertz CT molecular complexity index is 1120. The lowest BCUT2D eigenvalue weighted by molar-refractivity contribution is -0.122. The zero-order valence-electron chi connectivity index (χ0n) is 17.3. The van der Waals surface area contributed by atoms with E-state index >= 15 is 0 Å². The quantitative estimate of drug-likeness (QED) is 0.639. The Labute approximate surface area is 175 Å². The summed E-state index contributed by atoms with van der Waals surface area (Å²) in [5.74, 6) is 2.10. The number of nitrogens with one attached hydrogen (secondary N) is 1. The first-order valence-corrected chi connectivity index (χ1v) is 9.95. The molecule has 0 radical (unpaired) electrons. The number of amides is 1. The first-order valence-electron chi connectivity index (χ1n) is 9.95. The number of Topliss-reactive ketones (excluding diaryl/α,β-unsaturated/α-hetero) is 1. The van der Waals surface area contributed by atoms with Crippen LogP contribution in [0.15, 0.2) is 42.5 Å². The molecule has 1 unspecified atom stereocenters. The monoisotopic (exact) mass is 404 g/mol.